The van der Waals surface area contributed by atoms with Gasteiger partial charge in [-0.05, 0) is 31.3 Å². The molecule has 0 saturated carbocycles. The molecular formula is C14H12N4OS3. The van der Waals surface area contributed by atoms with E-state index in [1.807, 2.05) is 24.4 Å². The van der Waals surface area contributed by atoms with E-state index in [-0.39, 0.29) is 5.91 Å². The highest BCUT2D eigenvalue weighted by molar-refractivity contribution is 7.73. The molecule has 3 rings (SSSR count). The number of nitrogens with zero attached hydrogens (tertiary/aromatic N) is 2. The van der Waals surface area contributed by atoms with Crippen LogP contribution in [-0.4, -0.2) is 20.9 Å². The molecule has 3 aromatic heterocycles. The summed E-state index contributed by atoms with van der Waals surface area (Å²) >= 11 is 7.90. The molecule has 5 nitrogen and oxygen atoms in total. The molecule has 0 aliphatic carbocycles. The van der Waals surface area contributed by atoms with E-state index in [4.69, 9.17) is 12.2 Å². The zero-order valence-electron chi connectivity index (χ0n) is 11.6. The number of nitrogens with one attached hydrogen (secondary N) is 2. The van der Waals surface area contributed by atoms with Gasteiger partial charge in [-0.15, -0.1) is 22.7 Å². The zero-order valence-corrected chi connectivity index (χ0v) is 14.1. The molecular weight excluding hydrogens is 336 g/mol. The van der Waals surface area contributed by atoms with E-state index >= 15 is 0 Å². The van der Waals surface area contributed by atoms with Gasteiger partial charge in [0.2, 0.25) is 5.91 Å². The lowest BCUT2D eigenvalue weighted by Gasteiger charge is -2.00. The molecule has 0 spiro atoms. The number of aromatic amines is 1. The lowest BCUT2D eigenvalue weighted by atomic mass is 10.2. The standard InChI is InChI=1S/C14H12N4OS3/c1-8-11(22-14(20)16-8)5-12(19)18-13-17-10(7-21-13)9-3-2-4-15-6-9/h2-4,6-7H,5H2,1H3,(H,16,20)(H,17,18,19). The SMILES string of the molecule is Cc1[nH]c(=S)sc1CC(=O)Nc1nc(-c2cccnc2)cs1. The predicted molar refractivity (Wildman–Crippen MR) is 91.9 cm³/mol. The quantitative estimate of drug-likeness (QED) is 0.703. The molecule has 0 aliphatic rings. The number of aromatic nitrogens is 3. The summed E-state index contributed by atoms with van der Waals surface area (Å²) in [6.45, 7) is 1.92. The van der Waals surface area contributed by atoms with Crippen LogP contribution in [0.5, 0.6) is 0 Å². The fraction of sp³-hybridized carbons (Fsp3) is 0.143. The Hall–Kier alpha value is -1.90. The zero-order chi connectivity index (χ0) is 15.5. The maximum atomic E-state index is 12.1. The fourth-order valence-corrected chi connectivity index (χ4v) is 3.92. The van der Waals surface area contributed by atoms with Crippen LogP contribution in [0.4, 0.5) is 5.13 Å². The van der Waals surface area contributed by atoms with Gasteiger partial charge in [-0.2, -0.15) is 0 Å². The second-order valence-electron chi connectivity index (χ2n) is 4.57. The van der Waals surface area contributed by atoms with Gasteiger partial charge in [-0.25, -0.2) is 4.98 Å². The highest BCUT2D eigenvalue weighted by atomic mass is 32.1. The number of aryl methyl sites for hydroxylation is 1. The van der Waals surface area contributed by atoms with Gasteiger partial charge in [-0.3, -0.25) is 9.78 Å². The number of carbonyl (C=O) groups excluding carboxylic acids is 1. The van der Waals surface area contributed by atoms with Gasteiger partial charge in [0.15, 0.2) is 9.09 Å². The van der Waals surface area contributed by atoms with Crippen LogP contribution in [0.2, 0.25) is 0 Å². The number of H-pyrrole nitrogens is 1. The summed E-state index contributed by atoms with van der Waals surface area (Å²) in [7, 11) is 0. The van der Waals surface area contributed by atoms with Crippen LogP contribution >= 0.6 is 34.9 Å². The Morgan fingerprint density at radius 2 is 2.36 bits per heavy atom. The van der Waals surface area contributed by atoms with E-state index in [1.54, 1.807) is 12.4 Å². The molecule has 0 atom stereocenters. The van der Waals surface area contributed by atoms with Crippen LogP contribution in [0.1, 0.15) is 10.6 Å². The van der Waals surface area contributed by atoms with E-state index in [0.29, 0.717) is 15.5 Å². The molecule has 2 N–H and O–H groups in total. The van der Waals surface area contributed by atoms with Gasteiger partial charge in [0.1, 0.15) is 0 Å². The number of hydrogen-bond donors (Lipinski definition) is 2. The minimum atomic E-state index is -0.0968. The lowest BCUT2D eigenvalue weighted by Crippen LogP contribution is -2.14. The van der Waals surface area contributed by atoms with Crippen LogP contribution in [0, 0.1) is 10.9 Å². The van der Waals surface area contributed by atoms with E-state index in [1.165, 1.54) is 22.7 Å². The first kappa shape index (κ1) is 15.0. The van der Waals surface area contributed by atoms with Crippen molar-refractivity contribution in [2.75, 3.05) is 5.32 Å². The van der Waals surface area contributed by atoms with Gasteiger partial charge in [0, 0.05) is 33.9 Å². The topological polar surface area (TPSA) is 70.7 Å². The third kappa shape index (κ3) is 3.46. The van der Waals surface area contributed by atoms with E-state index < -0.39 is 0 Å². The summed E-state index contributed by atoms with van der Waals surface area (Å²) in [5.74, 6) is -0.0968. The highest BCUT2D eigenvalue weighted by Crippen LogP contribution is 2.24. The van der Waals surface area contributed by atoms with Crippen molar-refractivity contribution in [2.45, 2.75) is 13.3 Å². The first-order valence-corrected chi connectivity index (χ1v) is 8.56. The Kier molecular flexibility index (Phi) is 4.41. The summed E-state index contributed by atoms with van der Waals surface area (Å²) in [6, 6.07) is 3.79. The molecule has 3 heterocycles. The van der Waals surface area contributed by atoms with Crippen LogP contribution in [-0.2, 0) is 11.2 Å². The number of thiazole rings is 2. The predicted octanol–water partition coefficient (Wildman–Crippen LogP) is 3.81. The molecule has 0 aromatic carbocycles. The lowest BCUT2D eigenvalue weighted by molar-refractivity contribution is -0.115. The van der Waals surface area contributed by atoms with Gasteiger partial charge in [-0.1, -0.05) is 0 Å². The summed E-state index contributed by atoms with van der Waals surface area (Å²) < 4.78 is 0.688. The Morgan fingerprint density at radius 3 is 3.05 bits per heavy atom. The third-order valence-electron chi connectivity index (χ3n) is 2.95. The van der Waals surface area contributed by atoms with Gasteiger partial charge in [0.05, 0.1) is 12.1 Å². The molecule has 22 heavy (non-hydrogen) atoms. The molecule has 0 fully saturated rings. The maximum Gasteiger partial charge on any atom is 0.231 e. The van der Waals surface area contributed by atoms with Gasteiger partial charge < -0.3 is 10.3 Å². The Morgan fingerprint density at radius 1 is 1.50 bits per heavy atom. The summed E-state index contributed by atoms with van der Waals surface area (Å²) in [5, 5.41) is 5.31. The minimum absolute atomic E-state index is 0.0968. The Balaban J connectivity index is 1.69. The molecule has 0 radical (unpaired) electrons. The number of hydrogen-bond acceptors (Lipinski definition) is 6. The summed E-state index contributed by atoms with van der Waals surface area (Å²) in [5.41, 5.74) is 2.68. The highest BCUT2D eigenvalue weighted by Gasteiger charge is 2.11. The van der Waals surface area contributed by atoms with E-state index in [0.717, 1.165) is 21.8 Å². The Bertz CT molecular complexity index is 850. The first-order chi connectivity index (χ1) is 10.6. The van der Waals surface area contributed by atoms with E-state index in [2.05, 4.69) is 20.3 Å². The monoisotopic (exact) mass is 348 g/mol. The second-order valence-corrected chi connectivity index (χ2v) is 7.20. The second kappa shape index (κ2) is 6.47. The molecule has 0 bridgehead atoms. The molecule has 3 aromatic rings. The van der Waals surface area contributed by atoms with Crippen molar-refractivity contribution in [2.24, 2.45) is 0 Å². The van der Waals surface area contributed by atoms with Crippen molar-refractivity contribution in [3.05, 3.63) is 44.4 Å². The molecule has 1 amide bonds. The van der Waals surface area contributed by atoms with Crippen molar-refractivity contribution in [1.82, 2.24) is 15.0 Å². The average Bonchev–Trinajstić information content (AvgIpc) is 3.07. The van der Waals surface area contributed by atoms with Crippen molar-refractivity contribution >= 4 is 45.9 Å². The van der Waals surface area contributed by atoms with Crippen LogP contribution < -0.4 is 5.32 Å². The molecule has 112 valence electrons. The average molecular weight is 348 g/mol. The summed E-state index contributed by atoms with van der Waals surface area (Å²) in [4.78, 5) is 24.6. The number of amides is 1. The van der Waals surface area contributed by atoms with Crippen LogP contribution in [0.15, 0.2) is 29.9 Å². The van der Waals surface area contributed by atoms with Crippen molar-refractivity contribution < 1.29 is 4.79 Å². The van der Waals surface area contributed by atoms with Gasteiger partial charge in [0.25, 0.3) is 0 Å². The molecule has 0 saturated heterocycles. The van der Waals surface area contributed by atoms with Crippen molar-refractivity contribution in [1.29, 1.82) is 0 Å². The minimum Gasteiger partial charge on any atom is -0.341 e. The Labute approximate surface area is 140 Å². The maximum absolute atomic E-state index is 12.1. The normalized spacial score (nSPS) is 10.6. The molecule has 0 aliphatic heterocycles. The van der Waals surface area contributed by atoms with Gasteiger partial charge >= 0.3 is 0 Å². The molecule has 8 heteroatoms. The van der Waals surface area contributed by atoms with Crippen LogP contribution in [0.25, 0.3) is 11.3 Å². The number of anilines is 1. The van der Waals surface area contributed by atoms with Crippen molar-refractivity contribution in [3.63, 3.8) is 0 Å². The van der Waals surface area contributed by atoms with Crippen molar-refractivity contribution in [3.8, 4) is 11.3 Å². The first-order valence-electron chi connectivity index (χ1n) is 6.46. The molecule has 0 unspecified atom stereocenters. The smallest absolute Gasteiger partial charge is 0.231 e. The fourth-order valence-electron chi connectivity index (χ4n) is 1.89. The van der Waals surface area contributed by atoms with E-state index in [9.17, 15) is 4.79 Å². The summed E-state index contributed by atoms with van der Waals surface area (Å²) in [6.07, 6.45) is 3.76. The third-order valence-corrected chi connectivity index (χ3v) is 5.05. The number of rotatable bonds is 4. The largest absolute Gasteiger partial charge is 0.341 e. The number of pyridine rings is 1. The number of carbonyl (C=O) groups is 1. The van der Waals surface area contributed by atoms with Crippen LogP contribution in [0.3, 0.4) is 0 Å².